The highest BCUT2D eigenvalue weighted by atomic mass is 35.5. The van der Waals surface area contributed by atoms with Crippen molar-refractivity contribution in [3.8, 4) is 0 Å². The van der Waals surface area contributed by atoms with Gasteiger partial charge in [0.05, 0.1) is 30.9 Å². The number of ether oxygens (including phenoxy) is 1. The van der Waals surface area contributed by atoms with E-state index in [1.54, 1.807) is 16.3 Å². The molecule has 7 rings (SSSR count). The maximum absolute atomic E-state index is 13.9. The molecule has 1 aromatic rings. The van der Waals surface area contributed by atoms with Gasteiger partial charge in [-0.15, -0.1) is 11.6 Å². The van der Waals surface area contributed by atoms with Gasteiger partial charge in [-0.3, -0.25) is 19.1 Å². The number of alkyl halides is 3. The molecule has 3 aliphatic carbocycles. The highest BCUT2D eigenvalue weighted by Gasteiger charge is 2.53. The van der Waals surface area contributed by atoms with Crippen LogP contribution in [-0.2, 0) is 28.9 Å². The predicted octanol–water partition coefficient (Wildman–Crippen LogP) is 4.36. The number of hydrogen-bond donors (Lipinski definition) is 2. The Morgan fingerprint density at radius 3 is 2.67 bits per heavy atom. The zero-order chi connectivity index (χ0) is 31.6. The van der Waals surface area contributed by atoms with Crippen molar-refractivity contribution in [2.75, 3.05) is 25.4 Å². The summed E-state index contributed by atoms with van der Waals surface area (Å²) in [6, 6.07) is 0.404. The summed E-state index contributed by atoms with van der Waals surface area (Å²) in [6.07, 6.45) is 5.90. The maximum atomic E-state index is 13.9. The fraction of sp³-hybridized carbons (Fsp3) is 0.848. The molecule has 8 nitrogen and oxygen atoms in total. The van der Waals surface area contributed by atoms with E-state index in [0.29, 0.717) is 50.2 Å². The number of likely N-dealkylation sites (tertiary alicyclic amines) is 1. The highest BCUT2D eigenvalue weighted by Crippen LogP contribution is 2.49. The van der Waals surface area contributed by atoms with Gasteiger partial charge in [0.1, 0.15) is 5.82 Å². The molecule has 0 aromatic carbocycles. The Bertz CT molecular complexity index is 1330. The molecular formula is C33H47ClF2N4O4S. The molecule has 2 N–H and O–H groups in total. The maximum Gasteiger partial charge on any atom is 0.308 e. The summed E-state index contributed by atoms with van der Waals surface area (Å²) >= 11 is 8.52. The van der Waals surface area contributed by atoms with E-state index in [1.807, 2.05) is 6.92 Å². The zero-order valence-electron chi connectivity index (χ0n) is 26.3. The number of piperidine rings is 1. The van der Waals surface area contributed by atoms with Gasteiger partial charge in [-0.1, -0.05) is 0 Å². The second kappa shape index (κ2) is 12.6. The van der Waals surface area contributed by atoms with Crippen LogP contribution in [0, 0.1) is 36.5 Å². The number of nitrogens with one attached hydrogen (secondary N) is 1. The quantitative estimate of drug-likeness (QED) is 0.414. The lowest BCUT2D eigenvalue weighted by Crippen LogP contribution is -2.57. The molecule has 9 unspecified atom stereocenters. The van der Waals surface area contributed by atoms with E-state index < -0.39 is 11.9 Å². The summed E-state index contributed by atoms with van der Waals surface area (Å²) in [6.45, 7) is 6.29. The van der Waals surface area contributed by atoms with Crippen LogP contribution in [0.5, 0.6) is 0 Å². The molecule has 4 heterocycles. The normalized spacial score (nSPS) is 41.0. The molecule has 1 aromatic heterocycles. The number of fused-ring (bicyclic) bond motifs is 3. The number of carbonyl (C=O) groups is 1. The van der Waals surface area contributed by atoms with Gasteiger partial charge >= 0.3 is 5.97 Å². The molecule has 3 saturated heterocycles. The number of aliphatic carboxylic acids is 1. The molecule has 0 spiro atoms. The fourth-order valence-electron chi connectivity index (χ4n) is 9.88. The summed E-state index contributed by atoms with van der Waals surface area (Å²) in [5.74, 6) is -1.57. The lowest BCUT2D eigenvalue weighted by molar-refractivity contribution is -0.142. The third-order valence-corrected chi connectivity index (χ3v) is 14.0. The average molecular weight is 669 g/mol. The summed E-state index contributed by atoms with van der Waals surface area (Å²) < 4.78 is 36.2. The van der Waals surface area contributed by atoms with Gasteiger partial charge in [0.2, 0.25) is 5.92 Å². The van der Waals surface area contributed by atoms with Gasteiger partial charge < -0.3 is 15.2 Å². The largest absolute Gasteiger partial charge is 0.481 e. The van der Waals surface area contributed by atoms with E-state index in [1.165, 1.54) is 0 Å². The summed E-state index contributed by atoms with van der Waals surface area (Å²) in [4.78, 5) is 33.0. The number of aromatic nitrogens is 2. The van der Waals surface area contributed by atoms with E-state index in [9.17, 15) is 23.5 Å². The van der Waals surface area contributed by atoms with Crippen LogP contribution in [-0.4, -0.2) is 91.8 Å². The third-order valence-electron chi connectivity index (χ3n) is 12.0. The predicted molar refractivity (Wildman–Crippen MR) is 170 cm³/mol. The standard InChI is InChI=1S/C33H47ClF2N4O4S/c1-17-9-24(30-29(37-17)26(16-45-30)32(42)43)23-10-21(34)3-6-28(23)44-8-7-40-18(2)38-27-5-4-22(11-25(27)31(40)41)39-14-19-12-33(35,36)13-20(19)15-39/h17,19-24,26,28-30,37H,3-16H2,1-2H3,(H,42,43)/t17?,19-,20+,21?,22?,23?,24?,26?,28?,29?,30?. The Labute approximate surface area is 273 Å². The monoisotopic (exact) mass is 668 g/mol. The number of aryl methyl sites for hydroxylation is 2. The first kappa shape index (κ1) is 32.3. The lowest BCUT2D eigenvalue weighted by atomic mass is 9.70. The van der Waals surface area contributed by atoms with E-state index in [2.05, 4.69) is 17.1 Å². The Kier molecular flexibility index (Phi) is 9.07. The molecule has 5 fully saturated rings. The van der Waals surface area contributed by atoms with Crippen LogP contribution in [0.2, 0.25) is 0 Å². The van der Waals surface area contributed by atoms with Crippen molar-refractivity contribution in [3.63, 3.8) is 0 Å². The van der Waals surface area contributed by atoms with Gasteiger partial charge in [0, 0.05) is 66.0 Å². The Morgan fingerprint density at radius 2 is 1.93 bits per heavy atom. The first-order valence-electron chi connectivity index (χ1n) is 17.0. The molecule has 12 heteroatoms. The average Bonchev–Trinajstić information content (AvgIpc) is 3.65. The van der Waals surface area contributed by atoms with Crippen LogP contribution >= 0.6 is 23.4 Å². The second-order valence-corrected chi connectivity index (χ2v) is 16.7. The number of thioether (sulfide) groups is 1. The van der Waals surface area contributed by atoms with Crippen molar-refractivity contribution in [1.29, 1.82) is 0 Å². The Balaban J connectivity index is 1.01. The highest BCUT2D eigenvalue weighted by molar-refractivity contribution is 8.00. The van der Waals surface area contributed by atoms with E-state index >= 15 is 0 Å². The smallest absolute Gasteiger partial charge is 0.308 e. The van der Waals surface area contributed by atoms with Crippen LogP contribution in [0.25, 0.3) is 0 Å². The van der Waals surface area contributed by atoms with Crippen molar-refractivity contribution < 1.29 is 23.4 Å². The summed E-state index contributed by atoms with van der Waals surface area (Å²) in [7, 11) is 0. The minimum atomic E-state index is -2.52. The fourth-order valence-corrected chi connectivity index (χ4v) is 12.0. The second-order valence-electron chi connectivity index (χ2n) is 14.9. The molecule has 11 atom stereocenters. The van der Waals surface area contributed by atoms with E-state index in [0.717, 1.165) is 49.8 Å². The van der Waals surface area contributed by atoms with Crippen molar-refractivity contribution in [2.24, 2.45) is 29.6 Å². The van der Waals surface area contributed by atoms with Gasteiger partial charge in [-0.05, 0) is 82.5 Å². The molecule has 45 heavy (non-hydrogen) atoms. The molecular weight excluding hydrogens is 622 g/mol. The third kappa shape index (κ3) is 6.34. The lowest BCUT2D eigenvalue weighted by Gasteiger charge is -2.47. The first-order valence-corrected chi connectivity index (χ1v) is 18.5. The van der Waals surface area contributed by atoms with Crippen LogP contribution < -0.4 is 10.9 Å². The van der Waals surface area contributed by atoms with Crippen molar-refractivity contribution in [3.05, 3.63) is 27.4 Å². The molecule has 0 bridgehead atoms. The molecule has 3 aliphatic heterocycles. The van der Waals surface area contributed by atoms with Crippen LogP contribution in [0.15, 0.2) is 4.79 Å². The van der Waals surface area contributed by atoms with Crippen molar-refractivity contribution in [2.45, 2.75) is 119 Å². The number of nitrogens with zero attached hydrogens (tertiary/aromatic N) is 3. The van der Waals surface area contributed by atoms with E-state index in [4.69, 9.17) is 21.3 Å². The number of rotatable bonds is 7. The molecule has 0 radical (unpaired) electrons. The molecule has 0 amide bonds. The number of hydrogen-bond acceptors (Lipinski definition) is 7. The van der Waals surface area contributed by atoms with Crippen molar-refractivity contribution in [1.82, 2.24) is 19.8 Å². The topological polar surface area (TPSA) is 96.7 Å². The van der Waals surface area contributed by atoms with Gasteiger partial charge in [-0.2, -0.15) is 11.8 Å². The minimum absolute atomic E-state index is 0.00197. The van der Waals surface area contributed by atoms with Gasteiger partial charge in [0.25, 0.3) is 5.56 Å². The number of carboxylic acid groups (broad SMARTS) is 1. The van der Waals surface area contributed by atoms with Crippen LogP contribution in [0.3, 0.4) is 0 Å². The van der Waals surface area contributed by atoms with Gasteiger partial charge in [0.15, 0.2) is 0 Å². The minimum Gasteiger partial charge on any atom is -0.481 e. The number of halogens is 3. The SMILES string of the molecule is Cc1nc2c(c(=O)n1CCOC1CCC(Cl)CC1C1CC(C)NC3C(C(=O)O)CSC13)CC(N1C[C@@H]3CC(F)(F)C[C@@H]3C1)CC2. The van der Waals surface area contributed by atoms with Crippen molar-refractivity contribution >= 4 is 29.3 Å². The Hall–Kier alpha value is -1.27. The van der Waals surface area contributed by atoms with Crippen LogP contribution in [0.4, 0.5) is 8.78 Å². The zero-order valence-corrected chi connectivity index (χ0v) is 27.9. The number of carboxylic acids is 1. The Morgan fingerprint density at radius 1 is 1.18 bits per heavy atom. The van der Waals surface area contributed by atoms with Crippen LogP contribution in [0.1, 0.15) is 69.0 Å². The van der Waals surface area contributed by atoms with E-state index in [-0.39, 0.29) is 76.9 Å². The molecule has 250 valence electrons. The van der Waals surface area contributed by atoms with Gasteiger partial charge in [-0.25, -0.2) is 13.8 Å². The molecule has 6 aliphatic rings. The summed E-state index contributed by atoms with van der Waals surface area (Å²) in [5, 5.41) is 13.7. The first-order chi connectivity index (χ1) is 21.5. The molecule has 2 saturated carbocycles. The summed E-state index contributed by atoms with van der Waals surface area (Å²) in [5.41, 5.74) is 1.68.